The van der Waals surface area contributed by atoms with Crippen molar-refractivity contribution < 1.29 is 4.42 Å². The SMILES string of the molecule is CCn1nccc1C1NCCc2occc21. The Bertz CT molecular complexity index is 486. The summed E-state index contributed by atoms with van der Waals surface area (Å²) in [6.07, 6.45) is 4.60. The van der Waals surface area contributed by atoms with Crippen molar-refractivity contribution in [1.82, 2.24) is 15.1 Å². The molecule has 1 aliphatic heterocycles. The third-order valence-corrected chi connectivity index (χ3v) is 3.14. The topological polar surface area (TPSA) is 43.0 Å². The minimum Gasteiger partial charge on any atom is -0.469 e. The molecule has 0 spiro atoms. The van der Waals surface area contributed by atoms with Crippen LogP contribution in [0.1, 0.15) is 30.0 Å². The Hall–Kier alpha value is -1.55. The lowest BCUT2D eigenvalue weighted by atomic mass is 9.99. The second-order valence-corrected chi connectivity index (χ2v) is 4.01. The third kappa shape index (κ3) is 1.38. The van der Waals surface area contributed by atoms with Gasteiger partial charge in [-0.1, -0.05) is 0 Å². The first-order valence-electron chi connectivity index (χ1n) is 5.71. The van der Waals surface area contributed by atoms with E-state index in [1.165, 1.54) is 11.3 Å². The second-order valence-electron chi connectivity index (χ2n) is 4.01. The van der Waals surface area contributed by atoms with Crippen LogP contribution in [0.15, 0.2) is 29.0 Å². The third-order valence-electron chi connectivity index (χ3n) is 3.14. The van der Waals surface area contributed by atoms with Gasteiger partial charge in [0.25, 0.3) is 0 Å². The monoisotopic (exact) mass is 217 g/mol. The van der Waals surface area contributed by atoms with E-state index in [-0.39, 0.29) is 6.04 Å². The Morgan fingerprint density at radius 1 is 1.56 bits per heavy atom. The number of aromatic nitrogens is 2. The highest BCUT2D eigenvalue weighted by Crippen LogP contribution is 2.29. The van der Waals surface area contributed by atoms with Crippen molar-refractivity contribution in [2.24, 2.45) is 0 Å². The summed E-state index contributed by atoms with van der Waals surface area (Å²) in [5, 5.41) is 7.83. The molecular formula is C12H15N3O. The lowest BCUT2D eigenvalue weighted by Gasteiger charge is -2.23. The van der Waals surface area contributed by atoms with Gasteiger partial charge in [-0.25, -0.2) is 0 Å². The first-order chi connectivity index (χ1) is 7.90. The molecule has 1 unspecified atom stereocenters. The highest BCUT2D eigenvalue weighted by molar-refractivity contribution is 5.31. The van der Waals surface area contributed by atoms with Crippen molar-refractivity contribution in [3.05, 3.63) is 41.6 Å². The molecule has 0 saturated heterocycles. The summed E-state index contributed by atoms with van der Waals surface area (Å²) >= 11 is 0. The zero-order valence-corrected chi connectivity index (χ0v) is 9.31. The van der Waals surface area contributed by atoms with Crippen molar-refractivity contribution in [2.45, 2.75) is 25.9 Å². The fraction of sp³-hybridized carbons (Fsp3) is 0.417. The van der Waals surface area contributed by atoms with E-state index in [0.29, 0.717) is 0 Å². The van der Waals surface area contributed by atoms with Crippen LogP contribution in [0, 0.1) is 0 Å². The number of nitrogens with zero attached hydrogens (tertiary/aromatic N) is 2. The Morgan fingerprint density at radius 3 is 3.38 bits per heavy atom. The first-order valence-corrected chi connectivity index (χ1v) is 5.71. The van der Waals surface area contributed by atoms with Gasteiger partial charge in [-0.15, -0.1) is 0 Å². The molecule has 0 saturated carbocycles. The van der Waals surface area contributed by atoms with Crippen LogP contribution < -0.4 is 5.32 Å². The number of hydrogen-bond donors (Lipinski definition) is 1. The molecule has 0 radical (unpaired) electrons. The second kappa shape index (κ2) is 3.79. The lowest BCUT2D eigenvalue weighted by Crippen LogP contribution is -2.31. The number of hydrogen-bond acceptors (Lipinski definition) is 3. The molecule has 16 heavy (non-hydrogen) atoms. The number of nitrogens with one attached hydrogen (secondary N) is 1. The molecule has 0 aliphatic carbocycles. The van der Waals surface area contributed by atoms with Crippen LogP contribution in [0.3, 0.4) is 0 Å². The van der Waals surface area contributed by atoms with E-state index in [1.54, 1.807) is 6.26 Å². The Labute approximate surface area is 94.3 Å². The fourth-order valence-electron chi connectivity index (χ4n) is 2.37. The molecule has 1 aliphatic rings. The van der Waals surface area contributed by atoms with Crippen molar-refractivity contribution in [2.75, 3.05) is 6.54 Å². The molecule has 0 amide bonds. The smallest absolute Gasteiger partial charge is 0.110 e. The molecule has 0 aromatic carbocycles. The van der Waals surface area contributed by atoms with E-state index < -0.39 is 0 Å². The van der Waals surface area contributed by atoms with Gasteiger partial charge >= 0.3 is 0 Å². The summed E-state index contributed by atoms with van der Waals surface area (Å²) in [7, 11) is 0. The summed E-state index contributed by atoms with van der Waals surface area (Å²) in [6.45, 7) is 3.96. The molecule has 2 aromatic rings. The van der Waals surface area contributed by atoms with Gasteiger partial charge in [0.2, 0.25) is 0 Å². The van der Waals surface area contributed by atoms with Crippen LogP contribution in [0.25, 0.3) is 0 Å². The summed E-state index contributed by atoms with van der Waals surface area (Å²) in [5.41, 5.74) is 2.46. The Morgan fingerprint density at radius 2 is 2.50 bits per heavy atom. The number of rotatable bonds is 2. The van der Waals surface area contributed by atoms with Gasteiger partial charge in [0.05, 0.1) is 18.0 Å². The van der Waals surface area contributed by atoms with Crippen molar-refractivity contribution in [3.63, 3.8) is 0 Å². The van der Waals surface area contributed by atoms with Gasteiger partial charge < -0.3 is 9.73 Å². The normalized spacial score (nSPS) is 19.7. The first kappa shape index (κ1) is 9.66. The van der Waals surface area contributed by atoms with E-state index >= 15 is 0 Å². The molecule has 4 nitrogen and oxygen atoms in total. The minimum absolute atomic E-state index is 0.227. The zero-order valence-electron chi connectivity index (χ0n) is 9.31. The maximum Gasteiger partial charge on any atom is 0.110 e. The van der Waals surface area contributed by atoms with Crippen molar-refractivity contribution in [1.29, 1.82) is 0 Å². The molecule has 3 heterocycles. The molecule has 2 aromatic heterocycles. The quantitative estimate of drug-likeness (QED) is 0.833. The van der Waals surface area contributed by atoms with E-state index in [9.17, 15) is 0 Å². The van der Waals surface area contributed by atoms with Crippen molar-refractivity contribution in [3.8, 4) is 0 Å². The fourth-order valence-corrected chi connectivity index (χ4v) is 2.37. The maximum atomic E-state index is 5.49. The largest absolute Gasteiger partial charge is 0.469 e. The summed E-state index contributed by atoms with van der Waals surface area (Å²) < 4.78 is 7.52. The van der Waals surface area contributed by atoms with E-state index in [4.69, 9.17) is 4.42 Å². The van der Waals surface area contributed by atoms with Gasteiger partial charge in [-0.3, -0.25) is 4.68 Å². The number of fused-ring (bicyclic) bond motifs is 1. The van der Waals surface area contributed by atoms with E-state index in [1.807, 2.05) is 10.9 Å². The maximum absolute atomic E-state index is 5.49. The average Bonchev–Trinajstić information content (AvgIpc) is 2.96. The molecular weight excluding hydrogens is 202 g/mol. The molecule has 3 rings (SSSR count). The molecule has 1 N–H and O–H groups in total. The standard InChI is InChI=1S/C12H15N3O/c1-2-15-10(3-7-14-15)12-9-5-8-16-11(9)4-6-13-12/h3,5,7-8,12-13H,2,4,6H2,1H3. The average molecular weight is 217 g/mol. The molecule has 1 atom stereocenters. The Balaban J connectivity index is 2.04. The summed E-state index contributed by atoms with van der Waals surface area (Å²) in [5.74, 6) is 1.10. The molecule has 0 bridgehead atoms. The van der Waals surface area contributed by atoms with E-state index in [0.717, 1.165) is 25.3 Å². The lowest BCUT2D eigenvalue weighted by molar-refractivity contribution is 0.442. The van der Waals surface area contributed by atoms with Crippen LogP contribution in [-0.2, 0) is 13.0 Å². The van der Waals surface area contributed by atoms with Crippen LogP contribution in [0.5, 0.6) is 0 Å². The molecule has 84 valence electrons. The van der Waals surface area contributed by atoms with Crippen molar-refractivity contribution >= 4 is 0 Å². The predicted octanol–water partition coefficient (Wildman–Crippen LogP) is 1.73. The minimum atomic E-state index is 0.227. The van der Waals surface area contributed by atoms with Crippen LogP contribution >= 0.6 is 0 Å². The number of furan rings is 1. The van der Waals surface area contributed by atoms with E-state index in [2.05, 4.69) is 29.5 Å². The highest BCUT2D eigenvalue weighted by Gasteiger charge is 2.25. The van der Waals surface area contributed by atoms with Crippen LogP contribution in [-0.4, -0.2) is 16.3 Å². The zero-order chi connectivity index (χ0) is 11.0. The van der Waals surface area contributed by atoms with Gasteiger partial charge in [0.1, 0.15) is 5.76 Å². The number of aryl methyl sites for hydroxylation is 1. The summed E-state index contributed by atoms with van der Waals surface area (Å²) in [6, 6.07) is 4.35. The predicted molar refractivity (Wildman–Crippen MR) is 60.2 cm³/mol. The van der Waals surface area contributed by atoms with Crippen LogP contribution in [0.4, 0.5) is 0 Å². The van der Waals surface area contributed by atoms with Gasteiger partial charge in [0, 0.05) is 31.3 Å². The highest BCUT2D eigenvalue weighted by atomic mass is 16.3. The Kier molecular flexibility index (Phi) is 2.29. The summed E-state index contributed by atoms with van der Waals surface area (Å²) in [4.78, 5) is 0. The molecule has 0 fully saturated rings. The van der Waals surface area contributed by atoms with Gasteiger partial charge in [-0.05, 0) is 19.1 Å². The van der Waals surface area contributed by atoms with Gasteiger partial charge in [0.15, 0.2) is 0 Å². The van der Waals surface area contributed by atoms with Gasteiger partial charge in [-0.2, -0.15) is 5.10 Å². The molecule has 4 heteroatoms. The van der Waals surface area contributed by atoms with Crippen LogP contribution in [0.2, 0.25) is 0 Å².